The molecule has 6 nitrogen and oxygen atoms in total. The van der Waals surface area contributed by atoms with Crippen molar-refractivity contribution in [2.45, 2.75) is 44.3 Å². The van der Waals surface area contributed by atoms with Crippen LogP contribution in [0.4, 0.5) is 10.1 Å². The number of furan rings is 1. The van der Waals surface area contributed by atoms with E-state index in [2.05, 4.69) is 4.72 Å². The largest absolute Gasteiger partial charge is 0.460 e. The van der Waals surface area contributed by atoms with Crippen LogP contribution in [0.25, 0.3) is 11.0 Å². The van der Waals surface area contributed by atoms with Crippen molar-refractivity contribution in [3.63, 3.8) is 0 Å². The van der Waals surface area contributed by atoms with E-state index in [1.54, 1.807) is 32.0 Å². The molecule has 0 saturated heterocycles. The number of amides is 1. The minimum atomic E-state index is -3.54. The van der Waals surface area contributed by atoms with E-state index in [0.717, 1.165) is 24.0 Å². The summed E-state index contributed by atoms with van der Waals surface area (Å²) in [7, 11) is -3.54. The predicted molar refractivity (Wildman–Crippen MR) is 114 cm³/mol. The molecule has 3 N–H and O–H groups in total. The minimum absolute atomic E-state index is 0.232. The normalized spacial score (nSPS) is 14.4. The summed E-state index contributed by atoms with van der Waals surface area (Å²) < 4.78 is 46.7. The average molecular weight is 431 g/mol. The summed E-state index contributed by atoms with van der Waals surface area (Å²) >= 11 is 0. The van der Waals surface area contributed by atoms with Crippen LogP contribution in [-0.2, 0) is 16.4 Å². The lowest BCUT2D eigenvalue weighted by atomic mass is 10.0. The van der Waals surface area contributed by atoms with Crippen LogP contribution in [0.2, 0.25) is 0 Å². The molecule has 158 valence electrons. The molecule has 2 aromatic carbocycles. The highest BCUT2D eigenvalue weighted by atomic mass is 32.2. The number of hydrogen-bond donors (Lipinski definition) is 2. The summed E-state index contributed by atoms with van der Waals surface area (Å²) in [5.41, 5.74) is 8.38. The highest BCUT2D eigenvalue weighted by molar-refractivity contribution is 7.93. The Bertz CT molecular complexity index is 1230. The van der Waals surface area contributed by atoms with E-state index >= 15 is 0 Å². The molecule has 30 heavy (non-hydrogen) atoms. The van der Waals surface area contributed by atoms with Crippen LogP contribution in [0, 0.1) is 5.82 Å². The molecule has 8 heteroatoms. The fourth-order valence-corrected chi connectivity index (χ4v) is 4.20. The van der Waals surface area contributed by atoms with Gasteiger partial charge < -0.3 is 10.2 Å². The van der Waals surface area contributed by atoms with Crippen LogP contribution in [0.5, 0.6) is 0 Å². The number of carbonyl (C=O) groups excluding carboxylic acids is 1. The summed E-state index contributed by atoms with van der Waals surface area (Å²) in [5.74, 6) is -0.372. The third-order valence-corrected chi connectivity index (χ3v) is 7.09. The van der Waals surface area contributed by atoms with Crippen LogP contribution in [0.3, 0.4) is 0 Å². The highest BCUT2D eigenvalue weighted by Crippen LogP contribution is 2.46. The van der Waals surface area contributed by atoms with Gasteiger partial charge in [-0.2, -0.15) is 0 Å². The zero-order chi connectivity index (χ0) is 21.6. The molecule has 1 aromatic heterocycles. The van der Waals surface area contributed by atoms with Gasteiger partial charge in [-0.05, 0) is 61.9 Å². The molecule has 3 aromatic rings. The van der Waals surface area contributed by atoms with Gasteiger partial charge in [-0.3, -0.25) is 9.52 Å². The first kappa shape index (κ1) is 20.4. The van der Waals surface area contributed by atoms with Crippen molar-refractivity contribution in [3.05, 3.63) is 64.7 Å². The fraction of sp³-hybridized carbons (Fsp3) is 0.318. The number of fused-ring (bicyclic) bond motifs is 1. The zero-order valence-electron chi connectivity index (χ0n) is 16.7. The Hall–Kier alpha value is -2.87. The Morgan fingerprint density at radius 1 is 1.23 bits per heavy atom. The third kappa shape index (κ3) is 3.92. The van der Waals surface area contributed by atoms with Crippen LogP contribution < -0.4 is 10.5 Å². The number of hydrogen-bond acceptors (Lipinski definition) is 4. The topological polar surface area (TPSA) is 102 Å². The summed E-state index contributed by atoms with van der Waals surface area (Å²) in [4.78, 5) is 12.2. The third-order valence-electron chi connectivity index (χ3n) is 5.35. The lowest BCUT2D eigenvalue weighted by molar-refractivity contribution is 0.1000. The molecular formula is C22H23FN2O4S. The molecule has 0 atom stereocenters. The van der Waals surface area contributed by atoms with E-state index in [9.17, 15) is 17.6 Å². The van der Waals surface area contributed by atoms with Crippen molar-refractivity contribution in [1.82, 2.24) is 0 Å². The second kappa shape index (κ2) is 7.43. The fourth-order valence-electron chi connectivity index (χ4n) is 3.48. The second-order valence-electron chi connectivity index (χ2n) is 7.97. The maximum atomic E-state index is 13.2. The smallest absolute Gasteiger partial charge is 0.252 e. The minimum Gasteiger partial charge on any atom is -0.460 e. The standard InChI is InChI=1S/C22H23FN2O4S/c1-12(2)30(27,28)25-18-11-19-17(10-16(18)14-5-6-14)21(22(24)26)20(29-19)9-13-3-7-15(23)8-4-13/h3-4,7-8,10-12,14,25H,5-6,9H2,1-2H3,(H2,24,26). The zero-order valence-corrected chi connectivity index (χ0v) is 17.6. The van der Waals surface area contributed by atoms with Crippen molar-refractivity contribution in [2.24, 2.45) is 5.73 Å². The number of halogens is 1. The highest BCUT2D eigenvalue weighted by Gasteiger charge is 2.30. The van der Waals surface area contributed by atoms with Gasteiger partial charge in [-0.1, -0.05) is 12.1 Å². The number of sulfonamides is 1. The van der Waals surface area contributed by atoms with Gasteiger partial charge in [0.05, 0.1) is 16.5 Å². The molecule has 1 heterocycles. The van der Waals surface area contributed by atoms with Crippen LogP contribution in [0.15, 0.2) is 40.8 Å². The van der Waals surface area contributed by atoms with Gasteiger partial charge in [0.2, 0.25) is 10.0 Å². The first-order valence-corrected chi connectivity index (χ1v) is 11.4. The Morgan fingerprint density at radius 3 is 2.47 bits per heavy atom. The van der Waals surface area contributed by atoms with Gasteiger partial charge in [0.1, 0.15) is 17.2 Å². The number of benzene rings is 2. The van der Waals surface area contributed by atoms with Gasteiger partial charge in [-0.15, -0.1) is 0 Å². The summed E-state index contributed by atoms with van der Waals surface area (Å²) in [6.45, 7) is 3.22. The lowest BCUT2D eigenvalue weighted by Crippen LogP contribution is -2.23. The molecule has 1 aliphatic rings. The first-order chi connectivity index (χ1) is 14.2. The number of rotatable bonds is 7. The van der Waals surface area contributed by atoms with E-state index in [0.29, 0.717) is 22.4 Å². The van der Waals surface area contributed by atoms with Gasteiger partial charge >= 0.3 is 0 Å². The lowest BCUT2D eigenvalue weighted by Gasteiger charge is -2.14. The SMILES string of the molecule is CC(C)S(=O)(=O)Nc1cc2oc(Cc3ccc(F)cc3)c(C(N)=O)c2cc1C1CC1. The van der Waals surface area contributed by atoms with Gasteiger partial charge in [0, 0.05) is 17.9 Å². The molecule has 4 rings (SSSR count). The van der Waals surface area contributed by atoms with Gasteiger partial charge in [-0.25, -0.2) is 12.8 Å². The van der Waals surface area contributed by atoms with Crippen molar-refractivity contribution in [2.75, 3.05) is 4.72 Å². The van der Waals surface area contributed by atoms with Gasteiger partial charge in [0.25, 0.3) is 5.91 Å². The monoisotopic (exact) mass is 430 g/mol. The predicted octanol–water partition coefficient (Wildman–Crippen LogP) is 4.29. The Labute approximate surface area is 174 Å². The van der Waals surface area contributed by atoms with Gasteiger partial charge in [0.15, 0.2) is 0 Å². The molecule has 1 amide bonds. The van der Waals surface area contributed by atoms with Crippen LogP contribution >= 0.6 is 0 Å². The molecule has 0 aliphatic heterocycles. The molecule has 0 radical (unpaired) electrons. The molecule has 1 fully saturated rings. The van der Waals surface area contributed by atoms with E-state index < -0.39 is 21.2 Å². The van der Waals surface area contributed by atoms with Crippen LogP contribution in [0.1, 0.15) is 59.9 Å². The number of anilines is 1. The number of primary amides is 1. The average Bonchev–Trinajstić information content (AvgIpc) is 3.44. The quantitative estimate of drug-likeness (QED) is 0.584. The molecule has 1 saturated carbocycles. The van der Waals surface area contributed by atoms with E-state index in [4.69, 9.17) is 10.2 Å². The second-order valence-corrected chi connectivity index (χ2v) is 10.2. The van der Waals surface area contributed by atoms with E-state index in [1.165, 1.54) is 12.1 Å². The van der Waals surface area contributed by atoms with Crippen LogP contribution in [-0.4, -0.2) is 19.6 Å². The Balaban J connectivity index is 1.83. The summed E-state index contributed by atoms with van der Waals surface area (Å²) in [6, 6.07) is 9.35. The maximum Gasteiger partial charge on any atom is 0.252 e. The van der Waals surface area contributed by atoms with Crippen molar-refractivity contribution < 1.29 is 22.0 Å². The number of carbonyl (C=O) groups is 1. The Kier molecular flexibility index (Phi) is 5.05. The molecule has 1 aliphatic carbocycles. The van der Waals surface area contributed by atoms with E-state index in [-0.39, 0.29) is 23.7 Å². The molecule has 0 bridgehead atoms. The number of nitrogens with one attached hydrogen (secondary N) is 1. The van der Waals surface area contributed by atoms with Crippen molar-refractivity contribution >= 4 is 32.6 Å². The maximum absolute atomic E-state index is 13.2. The molecular weight excluding hydrogens is 407 g/mol. The summed E-state index contributed by atoms with van der Waals surface area (Å²) in [6.07, 6.45) is 2.17. The summed E-state index contributed by atoms with van der Waals surface area (Å²) in [5, 5.41) is -0.0268. The van der Waals surface area contributed by atoms with E-state index in [1.807, 2.05) is 6.07 Å². The van der Waals surface area contributed by atoms with Crippen molar-refractivity contribution in [3.8, 4) is 0 Å². The molecule has 0 spiro atoms. The first-order valence-electron chi connectivity index (χ1n) is 9.81. The van der Waals surface area contributed by atoms with Crippen molar-refractivity contribution in [1.29, 1.82) is 0 Å². The number of nitrogens with two attached hydrogens (primary N) is 1. The molecule has 0 unspecified atom stereocenters. The Morgan fingerprint density at radius 2 is 1.90 bits per heavy atom.